The number of hydroxylamine groups is 2. The molecule has 2 saturated carbocycles. The van der Waals surface area contributed by atoms with Crippen molar-refractivity contribution in [3.63, 3.8) is 0 Å². The number of aliphatic hydroxyl groups is 1. The number of aromatic nitrogens is 3. The third-order valence-electron chi connectivity index (χ3n) is 11.9. The molecule has 2 aliphatic carbocycles. The first-order valence-electron chi connectivity index (χ1n) is 24.0. The predicted molar refractivity (Wildman–Crippen MR) is 310 cm³/mol. The Kier molecular flexibility index (Phi) is 20.2. The Hall–Kier alpha value is -5.39. The van der Waals surface area contributed by atoms with Gasteiger partial charge in [-0.3, -0.25) is 34.2 Å². The predicted octanol–water partition coefficient (Wildman–Crippen LogP) is 9.96. The molecule has 0 radical (unpaired) electrons. The summed E-state index contributed by atoms with van der Waals surface area (Å²) >= 11 is 17.1. The number of rotatable bonds is 23. The normalized spacial score (nSPS) is 13.4. The number of aliphatic hydroxyl groups excluding tert-OH is 1. The van der Waals surface area contributed by atoms with E-state index in [-0.39, 0.29) is 52.0 Å². The number of hydrogen-bond donors (Lipinski definition) is 6. The summed E-state index contributed by atoms with van der Waals surface area (Å²) in [6, 6.07) is 28.8. The van der Waals surface area contributed by atoms with Crippen molar-refractivity contribution >= 4 is 123 Å². The van der Waals surface area contributed by atoms with Crippen molar-refractivity contribution in [3.05, 3.63) is 191 Å². The Labute approximate surface area is 483 Å². The summed E-state index contributed by atoms with van der Waals surface area (Å²) in [5, 5.41) is 16.6. The highest BCUT2D eigenvalue weighted by molar-refractivity contribution is 14.1. The Morgan fingerprint density at radius 1 is 0.636 bits per heavy atom. The third-order valence-corrected chi connectivity index (χ3v) is 17.2. The van der Waals surface area contributed by atoms with Gasteiger partial charge in [0.25, 0.3) is 11.8 Å². The van der Waals surface area contributed by atoms with E-state index >= 15 is 0 Å². The van der Waals surface area contributed by atoms with E-state index < -0.39 is 37.9 Å². The van der Waals surface area contributed by atoms with Crippen molar-refractivity contribution in [1.82, 2.24) is 34.9 Å². The second kappa shape index (κ2) is 27.0. The lowest BCUT2D eigenvalue weighted by atomic mass is 10.0. The lowest BCUT2D eigenvalue weighted by molar-refractivity contribution is 0.0269. The van der Waals surface area contributed by atoms with Crippen LogP contribution in [0.5, 0.6) is 0 Å². The lowest BCUT2D eigenvalue weighted by Gasteiger charge is -2.22. The van der Waals surface area contributed by atoms with Crippen molar-refractivity contribution < 1.29 is 41.2 Å². The molecule has 9 rings (SSSR count). The van der Waals surface area contributed by atoms with Gasteiger partial charge in [-0.05, 0) is 196 Å². The SMILES string of the molecule is O=C(NOCC1CC1)c1ccc(S(=O)(=O)N(CCO)Cc2ccncc2)cc1Nc1ccc(I)cc1Cl.O=C(NOCC1CC1)c1ccc(S(=O)(=O)NC(c2cccnc2)c2cccnc2)cc1Nc1ccc(I)cc1Cl. The molecule has 0 spiro atoms. The summed E-state index contributed by atoms with van der Waals surface area (Å²) < 4.78 is 60.4. The standard InChI is InChI=1S/C28H25ClIN5O4S.C25H26ClIN4O5S/c29-24-13-21(30)7-10-25(24)33-26-14-22(8-9-23(26)28(36)34-39-17-18-5-6-18)40(37,38)35-27(19-3-1-11-31-15-19)20-4-2-12-32-16-20;26-22-13-19(27)3-6-23(22)29-24-14-20(4-5-21(24)25(33)30-36-16-18-1-2-18)37(34,35)31(11-12-32)15-17-7-9-28-10-8-17/h1-4,7-16,18,27,33,35H,5-6,17H2,(H,34,36);3-10,13-14,18,29,32H,1-2,11-12,15-16H2,(H,30,33). The maximum Gasteiger partial charge on any atom is 0.276 e. The Bertz CT molecular complexity index is 3370. The van der Waals surface area contributed by atoms with Crippen LogP contribution in [0.25, 0.3) is 0 Å². The fourth-order valence-electron chi connectivity index (χ4n) is 7.46. The average Bonchev–Trinajstić information content (AvgIpc) is 4.39. The molecular formula is C53H51Cl2I2N9O9S2. The van der Waals surface area contributed by atoms with Crippen LogP contribution >= 0.6 is 68.4 Å². The second-order valence-corrected chi connectivity index (χ2v) is 24.8. The van der Waals surface area contributed by atoms with E-state index in [2.05, 4.69) is 86.4 Å². The highest BCUT2D eigenvalue weighted by Crippen LogP contribution is 2.35. The highest BCUT2D eigenvalue weighted by Gasteiger charge is 2.29. The first-order chi connectivity index (χ1) is 37.1. The van der Waals surface area contributed by atoms with E-state index in [9.17, 15) is 31.5 Å². The van der Waals surface area contributed by atoms with Crippen LogP contribution in [0.3, 0.4) is 0 Å². The number of carbonyl (C=O) groups is 2. The molecule has 3 heterocycles. The van der Waals surface area contributed by atoms with E-state index in [1.807, 2.05) is 12.1 Å². The van der Waals surface area contributed by atoms with Crippen molar-refractivity contribution in [2.75, 3.05) is 37.0 Å². The molecule has 0 saturated heterocycles. The Morgan fingerprint density at radius 3 is 1.58 bits per heavy atom. The zero-order valence-corrected chi connectivity index (χ0v) is 48.2. The van der Waals surface area contributed by atoms with Crippen LogP contribution in [0.2, 0.25) is 10.0 Å². The number of anilines is 4. The number of carbonyl (C=O) groups excluding carboxylic acids is 2. The minimum Gasteiger partial charge on any atom is -0.395 e. The van der Waals surface area contributed by atoms with Crippen LogP contribution in [0, 0.1) is 19.0 Å². The smallest absolute Gasteiger partial charge is 0.276 e. The van der Waals surface area contributed by atoms with Crippen molar-refractivity contribution in [3.8, 4) is 0 Å². The third kappa shape index (κ3) is 16.3. The van der Waals surface area contributed by atoms with E-state index in [0.29, 0.717) is 57.6 Å². The molecule has 77 heavy (non-hydrogen) atoms. The van der Waals surface area contributed by atoms with E-state index in [1.54, 1.807) is 97.8 Å². The van der Waals surface area contributed by atoms with Gasteiger partial charge in [-0.15, -0.1) is 0 Å². The van der Waals surface area contributed by atoms with Gasteiger partial charge in [0.1, 0.15) is 0 Å². The summed E-state index contributed by atoms with van der Waals surface area (Å²) in [5.41, 5.74) is 8.81. The molecule has 7 aromatic rings. The van der Waals surface area contributed by atoms with Gasteiger partial charge in [0.15, 0.2) is 0 Å². The van der Waals surface area contributed by atoms with Crippen LogP contribution in [0.1, 0.15) is 69.1 Å². The molecule has 2 aliphatic rings. The molecule has 18 nitrogen and oxygen atoms in total. The van der Waals surface area contributed by atoms with Crippen LogP contribution in [0.4, 0.5) is 22.7 Å². The van der Waals surface area contributed by atoms with Gasteiger partial charge < -0.3 is 15.7 Å². The summed E-state index contributed by atoms with van der Waals surface area (Å²) in [4.78, 5) is 48.8. The second-order valence-electron chi connectivity index (χ2n) is 17.8. The minimum absolute atomic E-state index is 0.0467. The van der Waals surface area contributed by atoms with Gasteiger partial charge in [0.05, 0.1) is 79.6 Å². The maximum absolute atomic E-state index is 13.7. The molecule has 2 fully saturated rings. The van der Waals surface area contributed by atoms with Crippen molar-refractivity contribution in [2.45, 2.75) is 48.1 Å². The van der Waals surface area contributed by atoms with Crippen molar-refractivity contribution in [1.29, 1.82) is 0 Å². The Morgan fingerprint density at radius 2 is 1.13 bits per heavy atom. The molecular weight excluding hydrogens is 1300 g/mol. The number of halogens is 4. The summed E-state index contributed by atoms with van der Waals surface area (Å²) in [5.74, 6) is -0.119. The van der Waals surface area contributed by atoms with Gasteiger partial charge in [-0.25, -0.2) is 27.8 Å². The molecule has 4 aromatic carbocycles. The molecule has 0 aliphatic heterocycles. The van der Waals surface area contributed by atoms with Gasteiger partial charge in [-0.2, -0.15) is 9.03 Å². The Balaban J connectivity index is 0.000000204. The topological polar surface area (TPSA) is 243 Å². The zero-order valence-electron chi connectivity index (χ0n) is 40.8. The molecule has 2 amide bonds. The van der Waals surface area contributed by atoms with Gasteiger partial charge in [0, 0.05) is 57.4 Å². The fraction of sp³-hybridized carbons (Fsp3) is 0.226. The largest absolute Gasteiger partial charge is 0.395 e. The van der Waals surface area contributed by atoms with E-state index in [0.717, 1.165) is 38.4 Å². The van der Waals surface area contributed by atoms with Crippen LogP contribution < -0.4 is 26.3 Å². The quantitative estimate of drug-likeness (QED) is 0.0258. The monoisotopic (exact) mass is 1350 g/mol. The molecule has 402 valence electrons. The van der Waals surface area contributed by atoms with Crippen LogP contribution in [-0.2, 0) is 36.3 Å². The number of pyridine rings is 3. The van der Waals surface area contributed by atoms with Gasteiger partial charge >= 0.3 is 0 Å². The first kappa shape index (κ1) is 57.8. The highest BCUT2D eigenvalue weighted by atomic mass is 127. The molecule has 0 atom stereocenters. The lowest BCUT2D eigenvalue weighted by Crippen LogP contribution is -2.33. The minimum atomic E-state index is -4.09. The summed E-state index contributed by atoms with van der Waals surface area (Å²) in [7, 11) is -8.13. The number of sulfonamides is 2. The molecule has 24 heteroatoms. The molecule has 0 bridgehead atoms. The number of nitrogens with one attached hydrogen (secondary N) is 5. The molecule has 6 N–H and O–H groups in total. The van der Waals surface area contributed by atoms with Crippen molar-refractivity contribution in [2.24, 2.45) is 11.8 Å². The number of benzene rings is 4. The molecule has 0 unspecified atom stereocenters. The molecule has 3 aromatic heterocycles. The zero-order chi connectivity index (χ0) is 54.5. The summed E-state index contributed by atoms with van der Waals surface area (Å²) in [6.07, 6.45) is 13.9. The fourth-order valence-corrected chi connectivity index (χ4v) is 12.0. The average molecular weight is 1350 g/mol. The number of hydrogen-bond acceptors (Lipinski definition) is 14. The van der Waals surface area contributed by atoms with Gasteiger partial charge in [0.2, 0.25) is 20.0 Å². The number of amides is 2. The summed E-state index contributed by atoms with van der Waals surface area (Å²) in [6.45, 7) is 0.446. The van der Waals surface area contributed by atoms with Crippen LogP contribution in [-0.4, -0.2) is 79.4 Å². The first-order valence-corrected chi connectivity index (χ1v) is 29.8. The number of nitrogens with zero attached hydrogens (tertiary/aromatic N) is 4. The maximum atomic E-state index is 13.7. The van der Waals surface area contributed by atoms with Gasteiger partial charge in [-0.1, -0.05) is 35.3 Å². The van der Waals surface area contributed by atoms with E-state index in [4.69, 9.17) is 32.9 Å². The van der Waals surface area contributed by atoms with Crippen LogP contribution in [0.15, 0.2) is 156 Å². The van der Waals surface area contributed by atoms with E-state index in [1.165, 1.54) is 40.7 Å².